The smallest absolute Gasteiger partial charge is 0.161 e. The molecule has 5 heteroatoms. The largest absolute Gasteiger partial charge is 0.504 e. The first-order chi connectivity index (χ1) is 10.2. The van der Waals surface area contributed by atoms with Crippen LogP contribution >= 0.6 is 0 Å². The number of aromatic nitrogens is 2. The standard InChI is InChI=1S/C16H19N3O2/c1-21-14-8-11(6-7-13(14)20)16-18-12(9-15(17)19-16)10-4-2-3-5-10/h6-10,20H,2-5H2,1H3,(H2,17,18,19). The number of anilines is 1. The maximum atomic E-state index is 9.67. The maximum absolute atomic E-state index is 9.67. The van der Waals surface area contributed by atoms with Gasteiger partial charge in [0.05, 0.1) is 7.11 Å². The first-order valence-corrected chi connectivity index (χ1v) is 7.19. The Balaban J connectivity index is 2.01. The van der Waals surface area contributed by atoms with Crippen LogP contribution in [0.3, 0.4) is 0 Å². The van der Waals surface area contributed by atoms with Crippen molar-refractivity contribution >= 4 is 5.82 Å². The van der Waals surface area contributed by atoms with Gasteiger partial charge < -0.3 is 15.6 Å². The molecule has 1 saturated carbocycles. The first-order valence-electron chi connectivity index (χ1n) is 7.19. The molecule has 0 radical (unpaired) electrons. The molecule has 1 heterocycles. The highest BCUT2D eigenvalue weighted by molar-refractivity contribution is 5.62. The molecule has 0 saturated heterocycles. The Bertz CT molecular complexity index is 652. The Hall–Kier alpha value is -2.30. The lowest BCUT2D eigenvalue weighted by Crippen LogP contribution is -2.03. The minimum Gasteiger partial charge on any atom is -0.504 e. The molecular formula is C16H19N3O2. The number of nitrogens with two attached hydrogens (primary N) is 1. The molecule has 110 valence electrons. The number of methoxy groups -OCH3 is 1. The van der Waals surface area contributed by atoms with Crippen molar-refractivity contribution in [2.24, 2.45) is 0 Å². The van der Waals surface area contributed by atoms with E-state index in [1.807, 2.05) is 6.07 Å². The zero-order chi connectivity index (χ0) is 14.8. The van der Waals surface area contributed by atoms with E-state index in [0.717, 1.165) is 24.1 Å². The highest BCUT2D eigenvalue weighted by Crippen LogP contribution is 2.35. The summed E-state index contributed by atoms with van der Waals surface area (Å²) < 4.78 is 5.13. The molecule has 0 amide bonds. The number of benzene rings is 1. The SMILES string of the molecule is COc1cc(-c2nc(N)cc(C3CCCC3)n2)ccc1O. The van der Waals surface area contributed by atoms with Gasteiger partial charge in [-0.15, -0.1) is 0 Å². The molecule has 3 rings (SSSR count). The van der Waals surface area contributed by atoms with E-state index in [0.29, 0.717) is 23.3 Å². The van der Waals surface area contributed by atoms with Crippen LogP contribution in [0.25, 0.3) is 11.4 Å². The average Bonchev–Trinajstić information content (AvgIpc) is 3.01. The van der Waals surface area contributed by atoms with E-state index >= 15 is 0 Å². The quantitative estimate of drug-likeness (QED) is 0.905. The van der Waals surface area contributed by atoms with Crippen molar-refractivity contribution in [1.82, 2.24) is 9.97 Å². The summed E-state index contributed by atoms with van der Waals surface area (Å²) in [4.78, 5) is 8.97. The normalized spacial score (nSPS) is 15.3. The second-order valence-corrected chi connectivity index (χ2v) is 5.41. The minimum absolute atomic E-state index is 0.0983. The molecule has 3 N–H and O–H groups in total. The number of nitrogens with zero attached hydrogens (tertiary/aromatic N) is 2. The monoisotopic (exact) mass is 285 g/mol. The third-order valence-corrected chi connectivity index (χ3v) is 3.98. The van der Waals surface area contributed by atoms with Crippen molar-refractivity contribution in [3.8, 4) is 22.9 Å². The number of ether oxygens (including phenoxy) is 1. The molecule has 2 aromatic rings. The zero-order valence-electron chi connectivity index (χ0n) is 12.0. The van der Waals surface area contributed by atoms with E-state index in [4.69, 9.17) is 10.5 Å². The summed E-state index contributed by atoms with van der Waals surface area (Å²) in [5.41, 5.74) is 7.74. The average molecular weight is 285 g/mol. The van der Waals surface area contributed by atoms with Gasteiger partial charge in [-0.05, 0) is 31.0 Å². The van der Waals surface area contributed by atoms with Gasteiger partial charge >= 0.3 is 0 Å². The van der Waals surface area contributed by atoms with Crippen LogP contribution < -0.4 is 10.5 Å². The molecule has 0 spiro atoms. The molecule has 0 unspecified atom stereocenters. The lowest BCUT2D eigenvalue weighted by Gasteiger charge is -2.12. The molecule has 1 aromatic heterocycles. The second kappa shape index (κ2) is 5.60. The van der Waals surface area contributed by atoms with E-state index in [1.165, 1.54) is 20.0 Å². The van der Waals surface area contributed by atoms with Crippen LogP contribution in [0.2, 0.25) is 0 Å². The fraction of sp³-hybridized carbons (Fsp3) is 0.375. The van der Waals surface area contributed by atoms with Gasteiger partial charge in [-0.1, -0.05) is 12.8 Å². The summed E-state index contributed by atoms with van der Waals surface area (Å²) in [6.45, 7) is 0. The van der Waals surface area contributed by atoms with Crippen molar-refractivity contribution in [2.45, 2.75) is 31.6 Å². The van der Waals surface area contributed by atoms with Crippen LogP contribution in [0.5, 0.6) is 11.5 Å². The highest BCUT2D eigenvalue weighted by atomic mass is 16.5. The number of rotatable bonds is 3. The molecule has 0 atom stereocenters. The van der Waals surface area contributed by atoms with Crippen LogP contribution in [0.1, 0.15) is 37.3 Å². The Morgan fingerprint density at radius 2 is 1.95 bits per heavy atom. The van der Waals surface area contributed by atoms with Crippen LogP contribution in [0.4, 0.5) is 5.82 Å². The Kier molecular flexibility index (Phi) is 3.64. The van der Waals surface area contributed by atoms with Gasteiger partial charge in [0.15, 0.2) is 17.3 Å². The lowest BCUT2D eigenvalue weighted by molar-refractivity contribution is 0.373. The summed E-state index contributed by atoms with van der Waals surface area (Å²) in [5.74, 6) is 2.04. The van der Waals surface area contributed by atoms with Crippen molar-refractivity contribution in [1.29, 1.82) is 0 Å². The van der Waals surface area contributed by atoms with E-state index < -0.39 is 0 Å². The first kappa shape index (κ1) is 13.7. The van der Waals surface area contributed by atoms with E-state index in [1.54, 1.807) is 18.2 Å². The fourth-order valence-electron chi connectivity index (χ4n) is 2.86. The molecule has 1 fully saturated rings. The summed E-state index contributed by atoms with van der Waals surface area (Å²) >= 11 is 0. The van der Waals surface area contributed by atoms with Crippen molar-refractivity contribution in [3.63, 3.8) is 0 Å². The van der Waals surface area contributed by atoms with Crippen molar-refractivity contribution < 1.29 is 9.84 Å². The predicted molar refractivity (Wildman–Crippen MR) is 81.3 cm³/mol. The van der Waals surface area contributed by atoms with Crippen molar-refractivity contribution in [2.75, 3.05) is 12.8 Å². The van der Waals surface area contributed by atoms with Crippen molar-refractivity contribution in [3.05, 3.63) is 30.0 Å². The molecule has 5 nitrogen and oxygen atoms in total. The number of nitrogen functional groups attached to an aromatic ring is 1. The summed E-state index contributed by atoms with van der Waals surface area (Å²) in [6.07, 6.45) is 4.82. The fourth-order valence-corrected chi connectivity index (χ4v) is 2.86. The van der Waals surface area contributed by atoms with Gasteiger partial charge in [-0.25, -0.2) is 9.97 Å². The zero-order valence-corrected chi connectivity index (χ0v) is 12.0. The van der Waals surface area contributed by atoms with E-state index in [2.05, 4.69) is 9.97 Å². The van der Waals surface area contributed by atoms with Gasteiger partial charge in [0.2, 0.25) is 0 Å². The minimum atomic E-state index is 0.0983. The molecular weight excluding hydrogens is 266 g/mol. The number of phenols is 1. The summed E-state index contributed by atoms with van der Waals surface area (Å²) in [6, 6.07) is 6.95. The third-order valence-electron chi connectivity index (χ3n) is 3.98. The van der Waals surface area contributed by atoms with Gasteiger partial charge in [0, 0.05) is 23.2 Å². The lowest BCUT2D eigenvalue weighted by atomic mass is 10.0. The molecule has 1 aromatic carbocycles. The number of phenolic OH excluding ortho intramolecular Hbond substituents is 1. The third kappa shape index (κ3) is 2.77. The highest BCUT2D eigenvalue weighted by Gasteiger charge is 2.20. The summed E-state index contributed by atoms with van der Waals surface area (Å²) in [7, 11) is 1.52. The second-order valence-electron chi connectivity index (χ2n) is 5.41. The van der Waals surface area contributed by atoms with Gasteiger partial charge in [-0.3, -0.25) is 0 Å². The molecule has 0 aliphatic heterocycles. The molecule has 21 heavy (non-hydrogen) atoms. The Labute approximate surface area is 123 Å². The van der Waals surface area contributed by atoms with E-state index in [9.17, 15) is 5.11 Å². The van der Waals surface area contributed by atoms with Gasteiger partial charge in [0.1, 0.15) is 5.82 Å². The van der Waals surface area contributed by atoms with Crippen LogP contribution in [0.15, 0.2) is 24.3 Å². The topological polar surface area (TPSA) is 81.3 Å². The van der Waals surface area contributed by atoms with Crippen LogP contribution in [-0.4, -0.2) is 22.2 Å². The van der Waals surface area contributed by atoms with Crippen LogP contribution in [-0.2, 0) is 0 Å². The van der Waals surface area contributed by atoms with E-state index in [-0.39, 0.29) is 5.75 Å². The number of hydrogen-bond acceptors (Lipinski definition) is 5. The molecule has 1 aliphatic carbocycles. The van der Waals surface area contributed by atoms with Gasteiger partial charge in [0.25, 0.3) is 0 Å². The number of hydrogen-bond donors (Lipinski definition) is 2. The Morgan fingerprint density at radius 3 is 2.67 bits per heavy atom. The Morgan fingerprint density at radius 1 is 1.19 bits per heavy atom. The predicted octanol–water partition coefficient (Wildman–Crippen LogP) is 3.10. The van der Waals surface area contributed by atoms with Crippen LogP contribution in [0, 0.1) is 0 Å². The summed E-state index contributed by atoms with van der Waals surface area (Å²) in [5, 5.41) is 9.67. The number of aromatic hydroxyl groups is 1. The maximum Gasteiger partial charge on any atom is 0.161 e. The van der Waals surface area contributed by atoms with Gasteiger partial charge in [-0.2, -0.15) is 0 Å². The molecule has 0 bridgehead atoms. The molecule has 1 aliphatic rings.